The molecule has 1 rings (SSSR count). The Kier molecular flexibility index (Phi) is 7.17. The molecule has 7 heteroatoms. The number of ether oxygens (including phenoxy) is 2. The van der Waals surface area contributed by atoms with Gasteiger partial charge in [-0.2, -0.15) is 0 Å². The van der Waals surface area contributed by atoms with E-state index in [1.807, 2.05) is 6.92 Å². The van der Waals surface area contributed by atoms with E-state index in [0.29, 0.717) is 34.6 Å². The molecule has 2 N–H and O–H groups in total. The van der Waals surface area contributed by atoms with E-state index in [1.165, 1.54) is 13.2 Å². The summed E-state index contributed by atoms with van der Waals surface area (Å²) in [4.78, 5) is 23.2. The van der Waals surface area contributed by atoms with Crippen molar-refractivity contribution in [1.29, 1.82) is 0 Å². The van der Waals surface area contributed by atoms with Gasteiger partial charge in [0, 0.05) is 5.56 Å². The van der Waals surface area contributed by atoms with Crippen LogP contribution >= 0.6 is 15.9 Å². The maximum absolute atomic E-state index is 12.2. The molecule has 122 valence electrons. The van der Waals surface area contributed by atoms with Crippen molar-refractivity contribution in [1.82, 2.24) is 5.32 Å². The highest BCUT2D eigenvalue weighted by atomic mass is 79.9. The lowest BCUT2D eigenvalue weighted by Gasteiger charge is -2.15. The van der Waals surface area contributed by atoms with Crippen LogP contribution in [0.15, 0.2) is 16.6 Å². The number of carbonyl (C=O) groups is 2. The van der Waals surface area contributed by atoms with Gasteiger partial charge >= 0.3 is 5.97 Å². The first kappa shape index (κ1) is 18.3. The molecule has 0 fully saturated rings. The number of rotatable bonds is 8. The topological polar surface area (TPSA) is 84.9 Å². The Bertz CT molecular complexity index is 547. The summed E-state index contributed by atoms with van der Waals surface area (Å²) in [6, 6.07) is 2.19. The van der Waals surface area contributed by atoms with E-state index in [0.717, 1.165) is 6.42 Å². The summed E-state index contributed by atoms with van der Waals surface area (Å²) >= 11 is 3.35. The molecule has 6 nitrogen and oxygen atoms in total. The van der Waals surface area contributed by atoms with Crippen LogP contribution in [0.4, 0.5) is 0 Å². The Morgan fingerprint density at radius 1 is 1.36 bits per heavy atom. The van der Waals surface area contributed by atoms with E-state index in [1.54, 1.807) is 13.0 Å². The third kappa shape index (κ3) is 4.62. The summed E-state index contributed by atoms with van der Waals surface area (Å²) in [5.74, 6) is -0.609. The van der Waals surface area contributed by atoms with Crippen molar-refractivity contribution in [2.75, 3.05) is 13.7 Å². The van der Waals surface area contributed by atoms with Gasteiger partial charge in [-0.3, -0.25) is 4.79 Å². The van der Waals surface area contributed by atoms with Crippen LogP contribution < -0.4 is 14.8 Å². The minimum atomic E-state index is -1.07. The highest BCUT2D eigenvalue weighted by Crippen LogP contribution is 2.36. The van der Waals surface area contributed by atoms with Crippen molar-refractivity contribution in [2.45, 2.75) is 32.7 Å². The summed E-state index contributed by atoms with van der Waals surface area (Å²) in [6.07, 6.45) is 1.14. The summed E-state index contributed by atoms with van der Waals surface area (Å²) in [5.41, 5.74) is 0.298. The van der Waals surface area contributed by atoms with Crippen LogP contribution in [0, 0.1) is 0 Å². The lowest BCUT2D eigenvalue weighted by Crippen LogP contribution is -2.40. The number of hydrogen-bond donors (Lipinski definition) is 2. The van der Waals surface area contributed by atoms with Crippen molar-refractivity contribution < 1.29 is 24.2 Å². The van der Waals surface area contributed by atoms with Crippen LogP contribution in [0.2, 0.25) is 0 Å². The molecule has 1 aromatic carbocycles. The number of amides is 1. The Labute approximate surface area is 137 Å². The summed E-state index contributed by atoms with van der Waals surface area (Å²) in [5, 5.41) is 11.5. The largest absolute Gasteiger partial charge is 0.493 e. The molecule has 0 radical (unpaired) electrons. The van der Waals surface area contributed by atoms with E-state index in [9.17, 15) is 9.59 Å². The second kappa shape index (κ2) is 8.63. The molecule has 1 aromatic rings. The minimum Gasteiger partial charge on any atom is -0.493 e. The Balaban J connectivity index is 3.03. The average molecular weight is 374 g/mol. The van der Waals surface area contributed by atoms with Crippen LogP contribution in [0.25, 0.3) is 0 Å². The molecule has 0 bridgehead atoms. The number of aliphatic carboxylic acids is 1. The fourth-order valence-electron chi connectivity index (χ4n) is 1.78. The van der Waals surface area contributed by atoms with Gasteiger partial charge in [-0.25, -0.2) is 4.79 Å². The molecule has 0 heterocycles. The van der Waals surface area contributed by atoms with Crippen molar-refractivity contribution >= 4 is 27.8 Å². The lowest BCUT2D eigenvalue weighted by molar-refractivity contribution is -0.139. The van der Waals surface area contributed by atoms with E-state index < -0.39 is 17.9 Å². The van der Waals surface area contributed by atoms with Gasteiger partial charge in [0.15, 0.2) is 11.5 Å². The van der Waals surface area contributed by atoms with Crippen molar-refractivity contribution in [2.24, 2.45) is 0 Å². The molecule has 1 atom stereocenters. The molecule has 0 aliphatic heterocycles. The van der Waals surface area contributed by atoms with Crippen molar-refractivity contribution in [3.63, 3.8) is 0 Å². The third-order valence-corrected chi connectivity index (χ3v) is 3.54. The Morgan fingerprint density at radius 2 is 2.05 bits per heavy atom. The van der Waals surface area contributed by atoms with Crippen LogP contribution in [0.1, 0.15) is 37.0 Å². The van der Waals surface area contributed by atoms with Gasteiger partial charge < -0.3 is 19.9 Å². The van der Waals surface area contributed by atoms with Crippen LogP contribution in [0.5, 0.6) is 11.5 Å². The van der Waals surface area contributed by atoms with Crippen LogP contribution in [0.3, 0.4) is 0 Å². The Hall–Kier alpha value is -1.76. The predicted octanol–water partition coefficient (Wildman–Crippen LogP) is 2.84. The lowest BCUT2D eigenvalue weighted by atomic mass is 10.1. The Morgan fingerprint density at radius 3 is 2.55 bits per heavy atom. The van der Waals surface area contributed by atoms with Gasteiger partial charge in [0.25, 0.3) is 5.91 Å². The molecular weight excluding hydrogens is 354 g/mol. The molecule has 1 unspecified atom stereocenters. The number of nitrogens with one attached hydrogen (secondary N) is 1. The molecule has 1 amide bonds. The highest BCUT2D eigenvalue weighted by molar-refractivity contribution is 9.10. The van der Waals surface area contributed by atoms with Gasteiger partial charge in [0.2, 0.25) is 0 Å². The van der Waals surface area contributed by atoms with Gasteiger partial charge in [-0.15, -0.1) is 0 Å². The molecule has 0 saturated heterocycles. The van der Waals surface area contributed by atoms with Gasteiger partial charge in [0.1, 0.15) is 6.04 Å². The van der Waals surface area contributed by atoms with Crippen LogP contribution in [-0.4, -0.2) is 36.7 Å². The van der Waals surface area contributed by atoms with Crippen molar-refractivity contribution in [3.05, 3.63) is 22.2 Å². The molecular formula is C15H20BrNO5. The summed E-state index contributed by atoms with van der Waals surface area (Å²) in [6.45, 7) is 4.20. The second-order valence-corrected chi connectivity index (χ2v) is 5.46. The van der Waals surface area contributed by atoms with E-state index in [4.69, 9.17) is 14.6 Å². The zero-order valence-corrected chi connectivity index (χ0v) is 14.4. The normalized spacial score (nSPS) is 11.6. The number of benzene rings is 1. The summed E-state index contributed by atoms with van der Waals surface area (Å²) < 4.78 is 11.4. The average Bonchev–Trinajstić information content (AvgIpc) is 2.49. The van der Waals surface area contributed by atoms with Gasteiger partial charge in [-0.1, -0.05) is 13.8 Å². The van der Waals surface area contributed by atoms with Gasteiger partial charge in [0.05, 0.1) is 18.2 Å². The maximum Gasteiger partial charge on any atom is 0.326 e. The number of halogens is 1. The number of carbonyl (C=O) groups excluding carboxylic acids is 1. The molecule has 0 aliphatic rings. The van der Waals surface area contributed by atoms with Crippen molar-refractivity contribution in [3.8, 4) is 11.5 Å². The zero-order valence-electron chi connectivity index (χ0n) is 12.8. The van der Waals surface area contributed by atoms with Crippen LogP contribution in [-0.2, 0) is 4.79 Å². The quantitative estimate of drug-likeness (QED) is 0.731. The second-order valence-electron chi connectivity index (χ2n) is 4.61. The summed E-state index contributed by atoms with van der Waals surface area (Å²) in [7, 11) is 1.48. The molecule has 0 spiro atoms. The molecule has 0 saturated carbocycles. The number of methoxy groups -OCH3 is 1. The minimum absolute atomic E-state index is 0.298. The third-order valence-electron chi connectivity index (χ3n) is 2.95. The zero-order chi connectivity index (χ0) is 16.7. The maximum atomic E-state index is 12.2. The van der Waals surface area contributed by atoms with Gasteiger partial charge in [-0.05, 0) is 40.9 Å². The molecule has 0 aromatic heterocycles. The van der Waals surface area contributed by atoms with E-state index in [-0.39, 0.29) is 0 Å². The SMILES string of the molecule is CCCOc1c(Br)cc(C(=O)NC(CC)C(=O)O)cc1OC. The first-order valence-electron chi connectivity index (χ1n) is 6.98. The van der Waals surface area contributed by atoms with E-state index in [2.05, 4.69) is 21.2 Å². The molecule has 22 heavy (non-hydrogen) atoms. The number of carboxylic acid groups (broad SMARTS) is 1. The fraction of sp³-hybridized carbons (Fsp3) is 0.467. The standard InChI is InChI=1S/C15H20BrNO5/c1-4-6-22-13-10(16)7-9(8-12(13)21-3)14(18)17-11(5-2)15(19)20/h7-8,11H,4-6H2,1-3H3,(H,17,18)(H,19,20). The highest BCUT2D eigenvalue weighted by Gasteiger charge is 2.21. The first-order chi connectivity index (χ1) is 10.4. The van der Waals surface area contributed by atoms with E-state index >= 15 is 0 Å². The smallest absolute Gasteiger partial charge is 0.326 e. The predicted molar refractivity (Wildman–Crippen MR) is 85.7 cm³/mol. The first-order valence-corrected chi connectivity index (χ1v) is 7.77. The molecule has 0 aliphatic carbocycles. The number of carboxylic acids is 1. The number of hydrogen-bond acceptors (Lipinski definition) is 4. The fourth-order valence-corrected chi connectivity index (χ4v) is 2.33. The monoisotopic (exact) mass is 373 g/mol.